The van der Waals surface area contributed by atoms with Crippen molar-refractivity contribution in [3.8, 4) is 0 Å². The number of pyridine rings is 2. The standard InChI is InChI=1S/C27H22N6O/c28-19-3-10-24-25(13-16-30-26(24)17-19)32-21-4-1-18(2-5-21)27(34)33-22-8-6-20(7-9-22)31-23-11-14-29-15-12-23/h1-17H,28H2,(H,29,31)(H,30,32)(H,33,34)/p+1. The lowest BCUT2D eigenvalue weighted by atomic mass is 10.1. The second kappa shape index (κ2) is 9.30. The molecule has 166 valence electrons. The molecule has 0 bridgehead atoms. The molecular formula is C27H23N6O+. The molecule has 0 saturated heterocycles. The Morgan fingerprint density at radius 2 is 1.38 bits per heavy atom. The maximum absolute atomic E-state index is 12.7. The van der Waals surface area contributed by atoms with E-state index in [9.17, 15) is 4.79 Å². The number of anilines is 6. The molecule has 0 radical (unpaired) electrons. The van der Waals surface area contributed by atoms with Crippen molar-refractivity contribution in [1.82, 2.24) is 4.98 Å². The minimum Gasteiger partial charge on any atom is -0.399 e. The van der Waals surface area contributed by atoms with Gasteiger partial charge in [-0.15, -0.1) is 0 Å². The summed E-state index contributed by atoms with van der Waals surface area (Å²) in [5.74, 6) is -0.171. The van der Waals surface area contributed by atoms with Gasteiger partial charge in [-0.2, -0.15) is 0 Å². The summed E-state index contributed by atoms with van der Waals surface area (Å²) in [6.45, 7) is 0. The number of aromatic amines is 1. The van der Waals surface area contributed by atoms with Gasteiger partial charge >= 0.3 is 0 Å². The first-order valence-corrected chi connectivity index (χ1v) is 10.8. The second-order valence-electron chi connectivity index (χ2n) is 7.78. The summed E-state index contributed by atoms with van der Waals surface area (Å²) in [5, 5.41) is 10.6. The Morgan fingerprint density at radius 1 is 0.735 bits per heavy atom. The number of nitrogen functional groups attached to an aromatic ring is 1. The predicted octanol–water partition coefficient (Wildman–Crippen LogP) is 5.37. The molecule has 0 saturated carbocycles. The molecule has 0 aliphatic carbocycles. The maximum Gasteiger partial charge on any atom is 0.255 e. The summed E-state index contributed by atoms with van der Waals surface area (Å²) in [6, 6.07) is 26.4. The minimum absolute atomic E-state index is 0.171. The first-order chi connectivity index (χ1) is 16.6. The Bertz CT molecular complexity index is 1430. The van der Waals surface area contributed by atoms with Crippen molar-refractivity contribution >= 4 is 50.9 Å². The Labute approximate surface area is 196 Å². The van der Waals surface area contributed by atoms with Crippen LogP contribution >= 0.6 is 0 Å². The minimum atomic E-state index is -0.171. The molecule has 7 heteroatoms. The van der Waals surface area contributed by atoms with Gasteiger partial charge in [-0.3, -0.25) is 9.78 Å². The fourth-order valence-electron chi connectivity index (χ4n) is 3.61. The number of amides is 1. The van der Waals surface area contributed by atoms with Crippen molar-refractivity contribution in [3.05, 3.63) is 109 Å². The smallest absolute Gasteiger partial charge is 0.255 e. The van der Waals surface area contributed by atoms with E-state index in [2.05, 4.69) is 25.9 Å². The first kappa shape index (κ1) is 21.0. The zero-order valence-electron chi connectivity index (χ0n) is 18.2. The fraction of sp³-hybridized carbons (Fsp3) is 0. The molecule has 0 unspecified atom stereocenters. The molecule has 0 fully saturated rings. The van der Waals surface area contributed by atoms with Crippen LogP contribution in [0, 0.1) is 0 Å². The SMILES string of the molecule is Nc1ccc2c(Nc3ccc(C(=O)Nc4ccc(Nc5cc[nH+]cc5)cc4)cc3)ccnc2c1. The summed E-state index contributed by atoms with van der Waals surface area (Å²) in [5.41, 5.74) is 12.4. The number of rotatable bonds is 6. The van der Waals surface area contributed by atoms with Crippen molar-refractivity contribution < 1.29 is 9.78 Å². The summed E-state index contributed by atoms with van der Waals surface area (Å²) in [7, 11) is 0. The average molecular weight is 448 g/mol. The van der Waals surface area contributed by atoms with Gasteiger partial charge < -0.3 is 21.7 Å². The number of benzene rings is 3. The predicted molar refractivity (Wildman–Crippen MR) is 137 cm³/mol. The molecule has 0 aliphatic heterocycles. The summed E-state index contributed by atoms with van der Waals surface area (Å²) < 4.78 is 0. The van der Waals surface area contributed by atoms with E-state index in [1.165, 1.54) is 0 Å². The number of nitrogens with one attached hydrogen (secondary N) is 4. The third kappa shape index (κ3) is 4.78. The molecule has 0 atom stereocenters. The maximum atomic E-state index is 12.7. The first-order valence-electron chi connectivity index (χ1n) is 10.8. The second-order valence-corrected chi connectivity index (χ2v) is 7.78. The number of hydrogen-bond acceptors (Lipinski definition) is 5. The van der Waals surface area contributed by atoms with Crippen molar-refractivity contribution in [2.75, 3.05) is 21.7 Å². The summed E-state index contributed by atoms with van der Waals surface area (Å²) in [4.78, 5) is 20.1. The Morgan fingerprint density at radius 3 is 2.15 bits per heavy atom. The van der Waals surface area contributed by atoms with E-state index in [0.29, 0.717) is 11.3 Å². The largest absolute Gasteiger partial charge is 0.399 e. The van der Waals surface area contributed by atoms with Gasteiger partial charge in [0, 0.05) is 57.7 Å². The van der Waals surface area contributed by atoms with Crippen LogP contribution in [0.25, 0.3) is 10.9 Å². The van der Waals surface area contributed by atoms with Crippen LogP contribution in [0.1, 0.15) is 10.4 Å². The van der Waals surface area contributed by atoms with Crippen molar-refractivity contribution in [1.29, 1.82) is 0 Å². The molecule has 3 aromatic carbocycles. The topological polar surface area (TPSA) is 106 Å². The Hall–Kier alpha value is -4.91. The molecular weight excluding hydrogens is 424 g/mol. The lowest BCUT2D eigenvalue weighted by molar-refractivity contribution is -0.377. The van der Waals surface area contributed by atoms with Crippen LogP contribution in [0.5, 0.6) is 0 Å². The number of carbonyl (C=O) groups excluding carboxylic acids is 1. The quantitative estimate of drug-likeness (QED) is 0.262. The van der Waals surface area contributed by atoms with Crippen LogP contribution in [0.4, 0.5) is 34.1 Å². The normalized spacial score (nSPS) is 10.6. The number of carbonyl (C=O) groups is 1. The third-order valence-electron chi connectivity index (χ3n) is 5.34. The molecule has 0 aliphatic rings. The van der Waals surface area contributed by atoms with Crippen LogP contribution in [0.2, 0.25) is 0 Å². The van der Waals surface area contributed by atoms with Crippen LogP contribution in [0.15, 0.2) is 104 Å². The highest BCUT2D eigenvalue weighted by atomic mass is 16.1. The van der Waals surface area contributed by atoms with Gasteiger partial charge in [-0.05, 0) is 72.8 Å². The molecule has 34 heavy (non-hydrogen) atoms. The van der Waals surface area contributed by atoms with Crippen molar-refractivity contribution in [2.24, 2.45) is 0 Å². The lowest BCUT2D eigenvalue weighted by Crippen LogP contribution is -2.11. The molecule has 7 nitrogen and oxygen atoms in total. The molecule has 0 spiro atoms. The van der Waals surface area contributed by atoms with Gasteiger partial charge in [-0.1, -0.05) is 0 Å². The zero-order valence-corrected chi connectivity index (χ0v) is 18.2. The van der Waals surface area contributed by atoms with Crippen molar-refractivity contribution in [3.63, 3.8) is 0 Å². The molecule has 5 aromatic rings. The lowest BCUT2D eigenvalue weighted by Gasteiger charge is -2.11. The number of nitrogens with two attached hydrogens (primary N) is 1. The fourth-order valence-corrected chi connectivity index (χ4v) is 3.61. The Balaban J connectivity index is 1.24. The monoisotopic (exact) mass is 447 g/mol. The van der Waals surface area contributed by atoms with Crippen molar-refractivity contribution in [2.45, 2.75) is 0 Å². The van der Waals surface area contributed by atoms with E-state index in [4.69, 9.17) is 5.73 Å². The number of hydrogen-bond donors (Lipinski definition) is 4. The van der Waals surface area contributed by atoms with Gasteiger partial charge in [0.25, 0.3) is 5.91 Å². The molecule has 2 heterocycles. The van der Waals surface area contributed by atoms with Crippen LogP contribution in [-0.4, -0.2) is 10.9 Å². The van der Waals surface area contributed by atoms with Crippen LogP contribution in [0.3, 0.4) is 0 Å². The average Bonchev–Trinajstić information content (AvgIpc) is 2.86. The van der Waals surface area contributed by atoms with Gasteiger partial charge in [0.05, 0.1) is 11.2 Å². The van der Waals surface area contributed by atoms with Gasteiger partial charge in [0.1, 0.15) is 0 Å². The Kier molecular flexibility index (Phi) is 5.73. The number of nitrogens with zero attached hydrogens (tertiary/aromatic N) is 1. The van der Waals surface area contributed by atoms with E-state index in [1.54, 1.807) is 18.3 Å². The van der Waals surface area contributed by atoms with Crippen LogP contribution in [-0.2, 0) is 0 Å². The van der Waals surface area contributed by atoms with Gasteiger partial charge in [0.2, 0.25) is 0 Å². The highest BCUT2D eigenvalue weighted by Gasteiger charge is 2.08. The highest BCUT2D eigenvalue weighted by Crippen LogP contribution is 2.27. The summed E-state index contributed by atoms with van der Waals surface area (Å²) >= 11 is 0. The van der Waals surface area contributed by atoms with Crippen LogP contribution < -0.4 is 26.7 Å². The van der Waals surface area contributed by atoms with E-state index in [1.807, 2.05) is 85.2 Å². The van der Waals surface area contributed by atoms with E-state index in [0.717, 1.165) is 39.3 Å². The molecule has 2 aromatic heterocycles. The van der Waals surface area contributed by atoms with Gasteiger partial charge in [-0.25, -0.2) is 4.98 Å². The zero-order chi connectivity index (χ0) is 23.3. The van der Waals surface area contributed by atoms with E-state index in [-0.39, 0.29) is 5.91 Å². The third-order valence-corrected chi connectivity index (χ3v) is 5.34. The highest BCUT2D eigenvalue weighted by molar-refractivity contribution is 6.04. The van der Waals surface area contributed by atoms with E-state index < -0.39 is 0 Å². The number of fused-ring (bicyclic) bond motifs is 1. The molecule has 5 rings (SSSR count). The molecule has 1 amide bonds. The summed E-state index contributed by atoms with van der Waals surface area (Å²) in [6.07, 6.45) is 5.45. The van der Waals surface area contributed by atoms with Gasteiger partial charge in [0.15, 0.2) is 12.4 Å². The molecule has 6 N–H and O–H groups in total. The number of H-pyrrole nitrogens is 1. The number of aromatic nitrogens is 2. The van der Waals surface area contributed by atoms with E-state index >= 15 is 0 Å².